The summed E-state index contributed by atoms with van der Waals surface area (Å²) in [7, 11) is 0. The summed E-state index contributed by atoms with van der Waals surface area (Å²) in [5.74, 6) is 0. The lowest BCUT2D eigenvalue weighted by molar-refractivity contribution is 1.29. The second kappa shape index (κ2) is 4.71. The number of aromatic nitrogens is 1. The SMILES string of the molecule is Cc1cccc(C)c1N=Cc1ccccn1. The second-order valence-electron chi connectivity index (χ2n) is 3.75. The third kappa shape index (κ3) is 2.34. The van der Waals surface area contributed by atoms with Crippen LogP contribution in [-0.4, -0.2) is 11.2 Å². The van der Waals surface area contributed by atoms with Crippen LogP contribution in [0.25, 0.3) is 0 Å². The lowest BCUT2D eigenvalue weighted by Crippen LogP contribution is -1.86. The van der Waals surface area contributed by atoms with E-state index in [0.717, 1.165) is 11.4 Å². The zero-order valence-electron chi connectivity index (χ0n) is 9.51. The molecule has 0 radical (unpaired) electrons. The summed E-state index contributed by atoms with van der Waals surface area (Å²) in [6.07, 6.45) is 3.57. The van der Waals surface area contributed by atoms with Crippen molar-refractivity contribution in [1.29, 1.82) is 0 Å². The van der Waals surface area contributed by atoms with Crippen LogP contribution in [-0.2, 0) is 0 Å². The van der Waals surface area contributed by atoms with Gasteiger partial charge in [-0.2, -0.15) is 0 Å². The van der Waals surface area contributed by atoms with E-state index < -0.39 is 0 Å². The molecule has 0 saturated heterocycles. The first kappa shape index (κ1) is 10.6. The standard InChI is InChI=1S/C14H14N2/c1-11-6-5-7-12(2)14(11)16-10-13-8-3-4-9-15-13/h3-10H,1-2H3. The van der Waals surface area contributed by atoms with Crippen LogP contribution in [0.1, 0.15) is 16.8 Å². The van der Waals surface area contributed by atoms with Gasteiger partial charge in [0.15, 0.2) is 0 Å². The lowest BCUT2D eigenvalue weighted by Gasteiger charge is -2.03. The van der Waals surface area contributed by atoms with Gasteiger partial charge < -0.3 is 0 Å². The fourth-order valence-electron chi connectivity index (χ4n) is 1.59. The predicted octanol–water partition coefficient (Wildman–Crippen LogP) is 3.45. The average molecular weight is 210 g/mol. The van der Waals surface area contributed by atoms with Gasteiger partial charge in [-0.05, 0) is 37.1 Å². The van der Waals surface area contributed by atoms with E-state index in [1.165, 1.54) is 11.1 Å². The van der Waals surface area contributed by atoms with Crippen LogP contribution >= 0.6 is 0 Å². The molecule has 0 atom stereocenters. The number of para-hydroxylation sites is 1. The Morgan fingerprint density at radius 1 is 1.00 bits per heavy atom. The lowest BCUT2D eigenvalue weighted by atomic mass is 10.1. The van der Waals surface area contributed by atoms with Gasteiger partial charge in [-0.15, -0.1) is 0 Å². The number of hydrogen-bond acceptors (Lipinski definition) is 2. The van der Waals surface area contributed by atoms with Gasteiger partial charge in [0, 0.05) is 6.20 Å². The van der Waals surface area contributed by atoms with Crippen molar-refractivity contribution in [2.75, 3.05) is 0 Å². The monoisotopic (exact) mass is 210 g/mol. The van der Waals surface area contributed by atoms with Gasteiger partial charge in [-0.25, -0.2) is 0 Å². The molecule has 1 heterocycles. The molecular weight excluding hydrogens is 196 g/mol. The largest absolute Gasteiger partial charge is 0.255 e. The topological polar surface area (TPSA) is 25.2 Å². The number of rotatable bonds is 2. The van der Waals surface area contributed by atoms with E-state index in [4.69, 9.17) is 0 Å². The number of pyridine rings is 1. The Balaban J connectivity index is 2.31. The number of nitrogens with zero attached hydrogens (tertiary/aromatic N) is 2. The molecule has 0 aliphatic carbocycles. The molecule has 2 nitrogen and oxygen atoms in total. The van der Waals surface area contributed by atoms with Crippen molar-refractivity contribution in [3.63, 3.8) is 0 Å². The summed E-state index contributed by atoms with van der Waals surface area (Å²) in [4.78, 5) is 8.69. The van der Waals surface area contributed by atoms with Gasteiger partial charge in [0.05, 0.1) is 17.6 Å². The summed E-state index contributed by atoms with van der Waals surface area (Å²) in [5, 5.41) is 0. The highest BCUT2D eigenvalue weighted by Gasteiger charge is 1.98. The molecule has 1 aromatic heterocycles. The molecule has 80 valence electrons. The molecule has 2 aromatic rings. The van der Waals surface area contributed by atoms with E-state index in [-0.39, 0.29) is 0 Å². The highest BCUT2D eigenvalue weighted by Crippen LogP contribution is 2.22. The van der Waals surface area contributed by atoms with Crippen molar-refractivity contribution in [2.24, 2.45) is 4.99 Å². The molecule has 16 heavy (non-hydrogen) atoms. The van der Waals surface area contributed by atoms with Gasteiger partial charge in [-0.1, -0.05) is 24.3 Å². The molecule has 0 fully saturated rings. The third-order valence-corrected chi connectivity index (χ3v) is 2.45. The fraction of sp³-hybridized carbons (Fsp3) is 0.143. The Bertz CT molecular complexity index is 481. The van der Waals surface area contributed by atoms with E-state index in [9.17, 15) is 0 Å². The smallest absolute Gasteiger partial charge is 0.0812 e. The molecule has 0 spiro atoms. The maximum Gasteiger partial charge on any atom is 0.0812 e. The maximum atomic E-state index is 4.49. The third-order valence-electron chi connectivity index (χ3n) is 2.45. The molecule has 0 saturated carbocycles. The molecule has 2 rings (SSSR count). The Hall–Kier alpha value is -1.96. The second-order valence-corrected chi connectivity index (χ2v) is 3.75. The number of hydrogen-bond donors (Lipinski definition) is 0. The van der Waals surface area contributed by atoms with Crippen LogP contribution in [0.3, 0.4) is 0 Å². The Morgan fingerprint density at radius 3 is 2.38 bits per heavy atom. The molecule has 0 aliphatic heterocycles. The van der Waals surface area contributed by atoms with Gasteiger partial charge in [-0.3, -0.25) is 9.98 Å². The summed E-state index contributed by atoms with van der Waals surface area (Å²) >= 11 is 0. The van der Waals surface area contributed by atoms with E-state index in [1.54, 1.807) is 12.4 Å². The van der Waals surface area contributed by atoms with Crippen molar-refractivity contribution in [1.82, 2.24) is 4.98 Å². The van der Waals surface area contributed by atoms with Crippen molar-refractivity contribution in [2.45, 2.75) is 13.8 Å². The molecule has 0 bridgehead atoms. The minimum absolute atomic E-state index is 0.880. The van der Waals surface area contributed by atoms with E-state index in [0.29, 0.717) is 0 Å². The summed E-state index contributed by atoms with van der Waals surface area (Å²) < 4.78 is 0. The maximum absolute atomic E-state index is 4.49. The molecule has 0 N–H and O–H groups in total. The van der Waals surface area contributed by atoms with Crippen LogP contribution in [0, 0.1) is 13.8 Å². The number of aliphatic imine (C=N–C) groups is 1. The van der Waals surface area contributed by atoms with Gasteiger partial charge in [0.2, 0.25) is 0 Å². The molecule has 0 aliphatic rings. The highest BCUT2D eigenvalue weighted by molar-refractivity contribution is 5.80. The van der Waals surface area contributed by atoms with Crippen LogP contribution in [0.4, 0.5) is 5.69 Å². The summed E-state index contributed by atoms with van der Waals surface area (Å²) in [5.41, 5.74) is 4.29. The quantitative estimate of drug-likeness (QED) is 0.697. The predicted molar refractivity (Wildman–Crippen MR) is 67.4 cm³/mol. The first-order valence-corrected chi connectivity index (χ1v) is 5.28. The zero-order chi connectivity index (χ0) is 11.4. The Kier molecular flexibility index (Phi) is 3.10. The van der Waals surface area contributed by atoms with Gasteiger partial charge in [0.1, 0.15) is 0 Å². The number of benzene rings is 1. The normalized spacial score (nSPS) is 10.9. The van der Waals surface area contributed by atoms with E-state index >= 15 is 0 Å². The molecule has 1 aromatic carbocycles. The first-order chi connectivity index (χ1) is 7.77. The van der Waals surface area contributed by atoms with Crippen molar-refractivity contribution in [3.8, 4) is 0 Å². The number of aryl methyl sites for hydroxylation is 2. The van der Waals surface area contributed by atoms with Crippen LogP contribution in [0.2, 0.25) is 0 Å². The zero-order valence-corrected chi connectivity index (χ0v) is 9.51. The average Bonchev–Trinajstić information content (AvgIpc) is 2.30. The van der Waals surface area contributed by atoms with E-state index in [2.05, 4.69) is 36.0 Å². The first-order valence-electron chi connectivity index (χ1n) is 5.28. The van der Waals surface area contributed by atoms with Crippen molar-refractivity contribution in [3.05, 3.63) is 59.4 Å². The molecular formula is C14H14N2. The summed E-state index contributed by atoms with van der Waals surface area (Å²) in [6.45, 7) is 4.14. The molecule has 0 amide bonds. The van der Waals surface area contributed by atoms with Gasteiger partial charge in [0.25, 0.3) is 0 Å². The van der Waals surface area contributed by atoms with Crippen LogP contribution in [0.5, 0.6) is 0 Å². The highest BCUT2D eigenvalue weighted by atomic mass is 14.8. The Labute approximate surface area is 95.7 Å². The minimum atomic E-state index is 0.880. The minimum Gasteiger partial charge on any atom is -0.255 e. The van der Waals surface area contributed by atoms with Gasteiger partial charge >= 0.3 is 0 Å². The Morgan fingerprint density at radius 2 is 1.75 bits per heavy atom. The van der Waals surface area contributed by atoms with Crippen molar-refractivity contribution < 1.29 is 0 Å². The summed E-state index contributed by atoms with van der Waals surface area (Å²) in [6, 6.07) is 12.0. The van der Waals surface area contributed by atoms with Crippen LogP contribution < -0.4 is 0 Å². The van der Waals surface area contributed by atoms with Crippen LogP contribution in [0.15, 0.2) is 47.6 Å². The van der Waals surface area contributed by atoms with Crippen molar-refractivity contribution >= 4 is 11.9 Å². The van der Waals surface area contributed by atoms with E-state index in [1.807, 2.05) is 24.3 Å². The fourth-order valence-corrected chi connectivity index (χ4v) is 1.59. The molecule has 0 unspecified atom stereocenters. The molecule has 2 heteroatoms.